The number of ether oxygens (including phenoxy) is 1. The van der Waals surface area contributed by atoms with Crippen molar-refractivity contribution in [2.45, 2.75) is 39.2 Å². The van der Waals surface area contributed by atoms with E-state index in [1.165, 1.54) is 4.90 Å². The third kappa shape index (κ3) is 3.16. The highest BCUT2D eigenvalue weighted by Crippen LogP contribution is 2.37. The zero-order valence-electron chi connectivity index (χ0n) is 15.8. The van der Waals surface area contributed by atoms with Gasteiger partial charge in [-0.3, -0.25) is 9.59 Å². The van der Waals surface area contributed by atoms with E-state index in [1.54, 1.807) is 26.2 Å². The number of hydrogen-bond acceptors (Lipinski definition) is 5. The third-order valence-corrected chi connectivity index (χ3v) is 5.53. The van der Waals surface area contributed by atoms with Crippen molar-refractivity contribution in [1.29, 1.82) is 0 Å². The molecule has 2 heterocycles. The average Bonchev–Trinajstić information content (AvgIpc) is 2.98. The predicted octanol–water partition coefficient (Wildman–Crippen LogP) is 2.83. The number of carboxylic acids is 1. The number of carboxylic acid groups (broad SMARTS) is 1. The van der Waals surface area contributed by atoms with E-state index in [9.17, 15) is 19.8 Å². The Bertz CT molecular complexity index is 873. The molecule has 2 atom stereocenters. The van der Waals surface area contributed by atoms with Crippen LogP contribution in [0, 0.1) is 12.3 Å². The first kappa shape index (κ1) is 19.2. The lowest BCUT2D eigenvalue weighted by molar-refractivity contribution is -0.162. The smallest absolute Gasteiger partial charge is 0.314 e. The Morgan fingerprint density at radius 3 is 2.78 bits per heavy atom. The fraction of sp³-hybridized carbons (Fsp3) is 0.500. The summed E-state index contributed by atoms with van der Waals surface area (Å²) in [5, 5.41) is 20.9. The zero-order valence-corrected chi connectivity index (χ0v) is 15.8. The summed E-state index contributed by atoms with van der Waals surface area (Å²) < 4.78 is 11.0. The summed E-state index contributed by atoms with van der Waals surface area (Å²) in [5.41, 5.74) is -0.0864. The van der Waals surface area contributed by atoms with Gasteiger partial charge in [0.15, 0.2) is 5.76 Å². The van der Waals surface area contributed by atoms with Crippen LogP contribution < -0.4 is 4.74 Å². The SMILES string of the molecule is CCC[C@@]1(C(=O)O)CN(C(=O)c2oc3cc(OC)ccc3c2C)CC[C@@H]1O. The second-order valence-corrected chi connectivity index (χ2v) is 7.16. The molecule has 3 rings (SSSR count). The molecule has 1 aliphatic rings. The molecule has 0 aliphatic carbocycles. The fourth-order valence-electron chi connectivity index (χ4n) is 3.94. The number of aliphatic hydroxyl groups is 1. The van der Waals surface area contributed by atoms with Gasteiger partial charge in [-0.1, -0.05) is 13.3 Å². The van der Waals surface area contributed by atoms with Crippen molar-refractivity contribution in [2.75, 3.05) is 20.2 Å². The summed E-state index contributed by atoms with van der Waals surface area (Å²) in [5.74, 6) is -0.591. The first-order valence-electron chi connectivity index (χ1n) is 9.12. The number of rotatable bonds is 5. The van der Waals surface area contributed by atoms with E-state index >= 15 is 0 Å². The van der Waals surface area contributed by atoms with Crippen LogP contribution in [0.2, 0.25) is 0 Å². The summed E-state index contributed by atoms with van der Waals surface area (Å²) in [6, 6.07) is 5.35. The maximum absolute atomic E-state index is 13.1. The first-order chi connectivity index (χ1) is 12.8. The van der Waals surface area contributed by atoms with Gasteiger partial charge in [0.2, 0.25) is 0 Å². The number of aliphatic carboxylic acids is 1. The Balaban J connectivity index is 1.94. The van der Waals surface area contributed by atoms with Gasteiger partial charge in [-0.05, 0) is 31.9 Å². The number of methoxy groups -OCH3 is 1. The number of nitrogens with zero attached hydrogens (tertiary/aromatic N) is 1. The minimum absolute atomic E-state index is 0.0318. The predicted molar refractivity (Wildman–Crippen MR) is 99.0 cm³/mol. The molecule has 0 saturated carbocycles. The van der Waals surface area contributed by atoms with Gasteiger partial charge >= 0.3 is 5.97 Å². The van der Waals surface area contributed by atoms with Crippen LogP contribution in [0.4, 0.5) is 0 Å². The van der Waals surface area contributed by atoms with Crippen LogP contribution >= 0.6 is 0 Å². The van der Waals surface area contributed by atoms with Crippen molar-refractivity contribution in [3.63, 3.8) is 0 Å². The Morgan fingerprint density at radius 2 is 2.15 bits per heavy atom. The summed E-state index contributed by atoms with van der Waals surface area (Å²) in [6.45, 7) is 3.93. The molecule has 0 bridgehead atoms. The molecule has 1 aliphatic heterocycles. The topological polar surface area (TPSA) is 100 Å². The van der Waals surface area contributed by atoms with Crippen LogP contribution in [0.5, 0.6) is 5.75 Å². The molecular formula is C20H25NO6. The number of piperidine rings is 1. The van der Waals surface area contributed by atoms with Crippen molar-refractivity contribution < 1.29 is 29.0 Å². The van der Waals surface area contributed by atoms with E-state index in [4.69, 9.17) is 9.15 Å². The summed E-state index contributed by atoms with van der Waals surface area (Å²) in [4.78, 5) is 26.5. The lowest BCUT2D eigenvalue weighted by atomic mass is 9.74. The number of carbonyl (C=O) groups excluding carboxylic acids is 1. The van der Waals surface area contributed by atoms with Crippen molar-refractivity contribution in [3.8, 4) is 5.75 Å². The Labute approximate surface area is 157 Å². The number of aliphatic hydroxyl groups excluding tert-OH is 1. The minimum atomic E-state index is -1.34. The Morgan fingerprint density at radius 1 is 1.41 bits per heavy atom. The van der Waals surface area contributed by atoms with Crippen LogP contribution in [0.25, 0.3) is 11.0 Å². The number of aryl methyl sites for hydroxylation is 1. The number of furan rings is 1. The molecule has 0 unspecified atom stereocenters. The number of likely N-dealkylation sites (tertiary alicyclic amines) is 1. The van der Waals surface area contributed by atoms with E-state index in [1.807, 2.05) is 13.0 Å². The van der Waals surface area contributed by atoms with Gasteiger partial charge in [0.05, 0.1) is 13.2 Å². The summed E-state index contributed by atoms with van der Waals surface area (Å²) in [7, 11) is 1.56. The van der Waals surface area contributed by atoms with E-state index in [-0.39, 0.29) is 24.6 Å². The van der Waals surface area contributed by atoms with Gasteiger partial charge < -0.3 is 24.3 Å². The molecule has 2 aromatic rings. The highest BCUT2D eigenvalue weighted by Gasteiger charge is 2.49. The fourth-order valence-corrected chi connectivity index (χ4v) is 3.94. The van der Waals surface area contributed by atoms with Crippen molar-refractivity contribution in [1.82, 2.24) is 4.90 Å². The average molecular weight is 375 g/mol. The number of benzene rings is 1. The largest absolute Gasteiger partial charge is 0.497 e. The van der Waals surface area contributed by atoms with Gasteiger partial charge in [-0.15, -0.1) is 0 Å². The highest BCUT2D eigenvalue weighted by atomic mass is 16.5. The number of amides is 1. The molecule has 146 valence electrons. The second kappa shape index (κ2) is 7.23. The van der Waals surface area contributed by atoms with E-state index in [2.05, 4.69) is 0 Å². The summed E-state index contributed by atoms with van der Waals surface area (Å²) in [6.07, 6.45) is 0.170. The number of fused-ring (bicyclic) bond motifs is 1. The minimum Gasteiger partial charge on any atom is -0.497 e. The van der Waals surface area contributed by atoms with Gasteiger partial charge in [-0.2, -0.15) is 0 Å². The van der Waals surface area contributed by atoms with Crippen molar-refractivity contribution >= 4 is 22.8 Å². The van der Waals surface area contributed by atoms with Crippen molar-refractivity contribution in [2.24, 2.45) is 5.41 Å². The Hall–Kier alpha value is -2.54. The maximum atomic E-state index is 13.1. The standard InChI is InChI=1S/C20H25NO6/c1-4-8-20(19(24)25)11-21(9-7-16(20)22)18(23)17-12(2)14-6-5-13(26-3)10-15(14)27-17/h5-6,10,16,22H,4,7-9,11H2,1-3H3,(H,24,25)/t16-,20+/m0/s1. The molecule has 1 fully saturated rings. The quantitative estimate of drug-likeness (QED) is 0.833. The van der Waals surface area contributed by atoms with Crippen LogP contribution in [0.1, 0.15) is 42.3 Å². The van der Waals surface area contributed by atoms with Crippen LogP contribution in [-0.2, 0) is 4.79 Å². The molecule has 0 radical (unpaired) electrons. The van der Waals surface area contributed by atoms with Crippen LogP contribution in [0.15, 0.2) is 22.6 Å². The second-order valence-electron chi connectivity index (χ2n) is 7.16. The van der Waals surface area contributed by atoms with Gasteiger partial charge in [0.25, 0.3) is 5.91 Å². The lowest BCUT2D eigenvalue weighted by Gasteiger charge is -2.43. The zero-order chi connectivity index (χ0) is 19.8. The molecule has 1 saturated heterocycles. The molecule has 0 spiro atoms. The summed E-state index contributed by atoms with van der Waals surface area (Å²) >= 11 is 0. The molecule has 1 amide bonds. The van der Waals surface area contributed by atoms with Crippen molar-refractivity contribution in [3.05, 3.63) is 29.5 Å². The molecule has 27 heavy (non-hydrogen) atoms. The molecule has 1 aromatic heterocycles. The normalized spacial score (nSPS) is 22.8. The van der Waals surface area contributed by atoms with Gasteiger partial charge in [0.1, 0.15) is 16.7 Å². The monoisotopic (exact) mass is 375 g/mol. The van der Waals surface area contributed by atoms with E-state index in [0.717, 1.165) is 5.39 Å². The molecule has 7 heteroatoms. The van der Waals surface area contributed by atoms with E-state index < -0.39 is 17.5 Å². The van der Waals surface area contributed by atoms with Crippen LogP contribution in [-0.4, -0.2) is 53.3 Å². The Kier molecular flexibility index (Phi) is 5.15. The van der Waals surface area contributed by atoms with Crippen LogP contribution in [0.3, 0.4) is 0 Å². The molecule has 1 aromatic carbocycles. The van der Waals surface area contributed by atoms with Gasteiger partial charge in [-0.25, -0.2) is 0 Å². The number of hydrogen-bond donors (Lipinski definition) is 2. The molecular weight excluding hydrogens is 350 g/mol. The van der Waals surface area contributed by atoms with E-state index in [0.29, 0.717) is 36.3 Å². The first-order valence-corrected chi connectivity index (χ1v) is 9.12. The molecule has 7 nitrogen and oxygen atoms in total. The lowest BCUT2D eigenvalue weighted by Crippen LogP contribution is -2.57. The number of carbonyl (C=O) groups is 2. The highest BCUT2D eigenvalue weighted by molar-refractivity contribution is 5.99. The maximum Gasteiger partial charge on any atom is 0.314 e. The third-order valence-electron chi connectivity index (χ3n) is 5.53. The molecule has 2 N–H and O–H groups in total. The van der Waals surface area contributed by atoms with Gasteiger partial charge in [0, 0.05) is 30.1 Å².